The van der Waals surface area contributed by atoms with Gasteiger partial charge in [-0.25, -0.2) is 0 Å². The Morgan fingerprint density at radius 3 is 2.59 bits per heavy atom. The lowest BCUT2D eigenvalue weighted by Crippen LogP contribution is -2.59. The van der Waals surface area contributed by atoms with Crippen molar-refractivity contribution in [2.45, 2.75) is 71.3 Å². The number of hydrogen-bond donors (Lipinski definition) is 2. The highest BCUT2D eigenvalue weighted by molar-refractivity contribution is 5.27. The van der Waals surface area contributed by atoms with Crippen LogP contribution in [0.4, 0.5) is 0 Å². The van der Waals surface area contributed by atoms with Crippen molar-refractivity contribution in [3.05, 3.63) is 12.2 Å². The van der Waals surface area contributed by atoms with Crippen LogP contribution in [0.2, 0.25) is 0 Å². The standard InChI is InChI=1S/C20H32O2/c1-13-14-5-6-16-19(3)9-4-8-18(2,12-21)15(19)7-10-20(16,11-14)17(13)22/h14-17,21-22H,1,4-12H2,2-3H3/t14-,15-,16+,17+,18+,19-,20-/m1/s1. The number of aliphatic hydroxyl groups excluding tert-OH is 2. The van der Waals surface area contributed by atoms with Crippen molar-refractivity contribution in [3.8, 4) is 0 Å². The van der Waals surface area contributed by atoms with Gasteiger partial charge in [0, 0.05) is 12.0 Å². The lowest BCUT2D eigenvalue weighted by atomic mass is 9.41. The molecule has 0 saturated heterocycles. The third-order valence-electron chi connectivity index (χ3n) is 8.70. The predicted molar refractivity (Wildman–Crippen MR) is 88.3 cm³/mol. The van der Waals surface area contributed by atoms with Crippen LogP contribution >= 0.6 is 0 Å². The van der Waals surface area contributed by atoms with Crippen molar-refractivity contribution in [1.29, 1.82) is 0 Å². The highest BCUT2D eigenvalue weighted by atomic mass is 16.3. The molecule has 2 nitrogen and oxygen atoms in total. The molecule has 0 aromatic rings. The van der Waals surface area contributed by atoms with Gasteiger partial charge in [-0.2, -0.15) is 0 Å². The smallest absolute Gasteiger partial charge is 0.0809 e. The first-order chi connectivity index (χ1) is 10.4. The second-order valence-electron chi connectivity index (χ2n) is 9.50. The minimum absolute atomic E-state index is 0.0893. The maximum atomic E-state index is 11.0. The largest absolute Gasteiger partial charge is 0.396 e. The lowest BCUT2D eigenvalue weighted by Gasteiger charge is -2.64. The molecule has 0 heterocycles. The molecule has 4 rings (SSSR count). The van der Waals surface area contributed by atoms with Gasteiger partial charge in [0.15, 0.2) is 0 Å². The summed E-state index contributed by atoms with van der Waals surface area (Å²) >= 11 is 0. The van der Waals surface area contributed by atoms with E-state index in [4.69, 9.17) is 0 Å². The molecule has 4 fully saturated rings. The molecule has 22 heavy (non-hydrogen) atoms. The maximum Gasteiger partial charge on any atom is 0.0809 e. The van der Waals surface area contributed by atoms with E-state index in [9.17, 15) is 10.2 Å². The molecule has 4 aliphatic carbocycles. The van der Waals surface area contributed by atoms with E-state index in [-0.39, 0.29) is 16.9 Å². The van der Waals surface area contributed by atoms with Crippen LogP contribution in [0.25, 0.3) is 0 Å². The fourth-order valence-corrected chi connectivity index (χ4v) is 7.68. The Hall–Kier alpha value is -0.340. The summed E-state index contributed by atoms with van der Waals surface area (Å²) in [4.78, 5) is 0. The molecule has 4 aliphatic rings. The molecular weight excluding hydrogens is 272 g/mol. The van der Waals surface area contributed by atoms with Crippen LogP contribution in [0.1, 0.15) is 65.2 Å². The number of rotatable bonds is 1. The van der Waals surface area contributed by atoms with E-state index >= 15 is 0 Å². The zero-order valence-corrected chi connectivity index (χ0v) is 14.3. The predicted octanol–water partition coefficient (Wildman–Crippen LogP) is 3.92. The lowest BCUT2D eigenvalue weighted by molar-refractivity contribution is -0.178. The van der Waals surface area contributed by atoms with Crippen LogP contribution in [0.15, 0.2) is 12.2 Å². The number of aliphatic hydroxyl groups is 2. The van der Waals surface area contributed by atoms with Crippen molar-refractivity contribution in [2.24, 2.45) is 34.0 Å². The zero-order chi connectivity index (χ0) is 15.8. The average Bonchev–Trinajstić information content (AvgIpc) is 2.68. The third-order valence-corrected chi connectivity index (χ3v) is 8.70. The van der Waals surface area contributed by atoms with E-state index in [2.05, 4.69) is 20.4 Å². The molecule has 0 aromatic carbocycles. The topological polar surface area (TPSA) is 40.5 Å². The van der Waals surface area contributed by atoms with Crippen LogP contribution in [-0.2, 0) is 0 Å². The number of hydrogen-bond acceptors (Lipinski definition) is 2. The SMILES string of the molecule is C=C1[C@@H]2CC[C@H]3[C@]4(C)CCC[C@@](C)(CO)[C@H]4CC[C@]3(C2)[C@H]1O. The molecule has 0 amide bonds. The second-order valence-corrected chi connectivity index (χ2v) is 9.50. The average molecular weight is 304 g/mol. The summed E-state index contributed by atoms with van der Waals surface area (Å²) in [5.74, 6) is 1.81. The summed E-state index contributed by atoms with van der Waals surface area (Å²) in [6.07, 6.45) is 9.39. The van der Waals surface area contributed by atoms with Gasteiger partial charge in [-0.15, -0.1) is 0 Å². The van der Waals surface area contributed by atoms with Crippen molar-refractivity contribution in [1.82, 2.24) is 0 Å². The summed E-state index contributed by atoms with van der Waals surface area (Å²) in [6.45, 7) is 9.37. The quantitative estimate of drug-likeness (QED) is 0.721. The van der Waals surface area contributed by atoms with E-state index in [1.54, 1.807) is 0 Å². The summed E-state index contributed by atoms with van der Waals surface area (Å²) in [6, 6.07) is 0. The Bertz CT molecular complexity index is 500. The molecule has 124 valence electrons. The van der Waals surface area contributed by atoms with Gasteiger partial charge in [0.1, 0.15) is 0 Å². The van der Waals surface area contributed by atoms with Gasteiger partial charge < -0.3 is 10.2 Å². The molecule has 4 saturated carbocycles. The Morgan fingerprint density at radius 2 is 1.86 bits per heavy atom. The maximum absolute atomic E-state index is 11.0. The molecular formula is C20H32O2. The fraction of sp³-hybridized carbons (Fsp3) is 0.900. The molecule has 0 aromatic heterocycles. The summed E-state index contributed by atoms with van der Waals surface area (Å²) in [5.41, 5.74) is 1.63. The Kier molecular flexibility index (Phi) is 3.18. The van der Waals surface area contributed by atoms with Crippen LogP contribution in [0.3, 0.4) is 0 Å². The van der Waals surface area contributed by atoms with E-state index in [1.807, 2.05) is 0 Å². The molecule has 1 spiro atoms. The minimum atomic E-state index is -0.273. The molecule has 2 N–H and O–H groups in total. The van der Waals surface area contributed by atoms with Crippen LogP contribution < -0.4 is 0 Å². The molecule has 7 atom stereocenters. The van der Waals surface area contributed by atoms with E-state index in [0.717, 1.165) is 12.0 Å². The van der Waals surface area contributed by atoms with Crippen molar-refractivity contribution in [2.75, 3.05) is 6.61 Å². The molecule has 0 radical (unpaired) electrons. The summed E-state index contributed by atoms with van der Waals surface area (Å²) < 4.78 is 0. The molecule has 2 heteroatoms. The minimum Gasteiger partial charge on any atom is -0.396 e. The van der Waals surface area contributed by atoms with Crippen LogP contribution in [-0.4, -0.2) is 22.9 Å². The van der Waals surface area contributed by atoms with Gasteiger partial charge in [-0.1, -0.05) is 26.8 Å². The van der Waals surface area contributed by atoms with Crippen LogP contribution in [0, 0.1) is 34.0 Å². The van der Waals surface area contributed by atoms with Gasteiger partial charge >= 0.3 is 0 Å². The normalized spacial score (nSPS) is 57.4. The Labute approximate surface area is 135 Å². The first-order valence-corrected chi connectivity index (χ1v) is 9.35. The van der Waals surface area contributed by atoms with E-state index in [1.165, 1.54) is 44.9 Å². The summed E-state index contributed by atoms with van der Waals surface area (Å²) in [5, 5.41) is 21.1. The van der Waals surface area contributed by atoms with Crippen molar-refractivity contribution >= 4 is 0 Å². The van der Waals surface area contributed by atoms with Crippen LogP contribution in [0.5, 0.6) is 0 Å². The monoisotopic (exact) mass is 304 g/mol. The Balaban J connectivity index is 1.76. The van der Waals surface area contributed by atoms with E-state index in [0.29, 0.717) is 29.8 Å². The second kappa shape index (κ2) is 4.60. The van der Waals surface area contributed by atoms with Gasteiger partial charge in [-0.05, 0) is 79.1 Å². The Morgan fingerprint density at radius 1 is 1.09 bits per heavy atom. The highest BCUT2D eigenvalue weighted by Gasteiger charge is 2.66. The molecule has 2 bridgehead atoms. The molecule has 0 aliphatic heterocycles. The number of fused-ring (bicyclic) bond motifs is 3. The van der Waals surface area contributed by atoms with E-state index < -0.39 is 0 Å². The third kappa shape index (κ3) is 1.64. The summed E-state index contributed by atoms with van der Waals surface area (Å²) in [7, 11) is 0. The van der Waals surface area contributed by atoms with Gasteiger partial charge in [0.05, 0.1) is 6.10 Å². The zero-order valence-electron chi connectivity index (χ0n) is 14.3. The van der Waals surface area contributed by atoms with Gasteiger partial charge in [0.25, 0.3) is 0 Å². The highest BCUT2D eigenvalue weighted by Crippen LogP contribution is 2.71. The van der Waals surface area contributed by atoms with Crippen molar-refractivity contribution < 1.29 is 10.2 Å². The van der Waals surface area contributed by atoms with Gasteiger partial charge in [-0.3, -0.25) is 0 Å². The molecule has 0 unspecified atom stereocenters. The first kappa shape index (κ1) is 15.2. The first-order valence-electron chi connectivity index (χ1n) is 9.35. The van der Waals surface area contributed by atoms with Crippen molar-refractivity contribution in [3.63, 3.8) is 0 Å². The van der Waals surface area contributed by atoms with Gasteiger partial charge in [0.2, 0.25) is 0 Å². The fourth-order valence-electron chi connectivity index (χ4n) is 7.68.